The lowest BCUT2D eigenvalue weighted by atomic mass is 9.79. The number of nitrogens with two attached hydrogens (primary N) is 1. The van der Waals surface area contributed by atoms with E-state index >= 15 is 0 Å². The van der Waals surface area contributed by atoms with Gasteiger partial charge in [-0.2, -0.15) is 0 Å². The molecule has 1 heterocycles. The third-order valence-electron chi connectivity index (χ3n) is 4.14. The van der Waals surface area contributed by atoms with Crippen molar-refractivity contribution < 1.29 is 14.3 Å². The van der Waals surface area contributed by atoms with E-state index in [4.69, 9.17) is 15.2 Å². The Hall–Kier alpha value is -2.30. The summed E-state index contributed by atoms with van der Waals surface area (Å²) in [5, 5.41) is 0.824. The van der Waals surface area contributed by atoms with Crippen molar-refractivity contribution >= 4 is 16.8 Å². The van der Waals surface area contributed by atoms with Gasteiger partial charge in [0.1, 0.15) is 16.8 Å². The van der Waals surface area contributed by atoms with Crippen molar-refractivity contribution in [2.45, 2.75) is 25.2 Å². The Morgan fingerprint density at radius 2 is 2.05 bits per heavy atom. The molecule has 110 valence electrons. The maximum absolute atomic E-state index is 11.5. The van der Waals surface area contributed by atoms with Gasteiger partial charge < -0.3 is 15.2 Å². The third kappa shape index (κ3) is 2.18. The molecule has 5 heteroatoms. The Labute approximate surface area is 123 Å². The summed E-state index contributed by atoms with van der Waals surface area (Å²) in [6, 6.07) is 5.73. The summed E-state index contributed by atoms with van der Waals surface area (Å²) in [6.07, 6.45) is 3.61. The number of carbonyl (C=O) groups excluding carboxylic acids is 1. The summed E-state index contributed by atoms with van der Waals surface area (Å²) in [5.41, 5.74) is 7.54. The number of rotatable bonds is 4. The molecule has 1 aliphatic rings. The second-order valence-electron chi connectivity index (χ2n) is 5.30. The van der Waals surface area contributed by atoms with Crippen LogP contribution in [0.1, 0.15) is 41.1 Å². The first-order valence-electron chi connectivity index (χ1n) is 7.01. The van der Waals surface area contributed by atoms with Gasteiger partial charge in [-0.25, -0.2) is 4.98 Å². The second-order valence-corrected chi connectivity index (χ2v) is 5.30. The molecule has 3 rings (SSSR count). The molecule has 0 spiro atoms. The SMILES string of the molecule is COc1nc2c(OC)c(C3CCC3)ccc2cc1C(N)=O. The molecular weight excluding hydrogens is 268 g/mol. The summed E-state index contributed by atoms with van der Waals surface area (Å²) in [4.78, 5) is 15.9. The molecule has 0 radical (unpaired) electrons. The van der Waals surface area contributed by atoms with E-state index in [0.29, 0.717) is 11.4 Å². The lowest BCUT2D eigenvalue weighted by molar-refractivity contribution is 0.0997. The molecule has 0 aliphatic heterocycles. The molecule has 21 heavy (non-hydrogen) atoms. The smallest absolute Gasteiger partial charge is 0.254 e. The Kier molecular flexibility index (Phi) is 3.41. The first kappa shape index (κ1) is 13.7. The zero-order chi connectivity index (χ0) is 15.0. The fraction of sp³-hybridized carbons (Fsp3) is 0.375. The molecule has 1 aliphatic carbocycles. The monoisotopic (exact) mass is 286 g/mol. The van der Waals surface area contributed by atoms with Crippen molar-refractivity contribution in [3.63, 3.8) is 0 Å². The van der Waals surface area contributed by atoms with Crippen LogP contribution in [0.15, 0.2) is 18.2 Å². The zero-order valence-electron chi connectivity index (χ0n) is 12.2. The second kappa shape index (κ2) is 5.24. The maximum atomic E-state index is 11.5. The van der Waals surface area contributed by atoms with Gasteiger partial charge in [0.05, 0.1) is 14.2 Å². The van der Waals surface area contributed by atoms with Crippen LogP contribution in [0.4, 0.5) is 0 Å². The summed E-state index contributed by atoms with van der Waals surface area (Å²) in [5.74, 6) is 0.988. The van der Waals surface area contributed by atoms with E-state index in [9.17, 15) is 4.79 Å². The Balaban J connectivity index is 2.24. The first-order chi connectivity index (χ1) is 10.2. The average molecular weight is 286 g/mol. The van der Waals surface area contributed by atoms with E-state index in [-0.39, 0.29) is 11.4 Å². The molecule has 5 nitrogen and oxygen atoms in total. The van der Waals surface area contributed by atoms with Gasteiger partial charge in [0.2, 0.25) is 5.88 Å². The van der Waals surface area contributed by atoms with Gasteiger partial charge in [0.15, 0.2) is 0 Å². The molecule has 1 amide bonds. The first-order valence-corrected chi connectivity index (χ1v) is 7.01. The fourth-order valence-corrected chi connectivity index (χ4v) is 2.80. The van der Waals surface area contributed by atoms with Gasteiger partial charge in [-0.05, 0) is 30.4 Å². The van der Waals surface area contributed by atoms with Gasteiger partial charge in [-0.1, -0.05) is 18.6 Å². The Morgan fingerprint density at radius 3 is 2.57 bits per heavy atom. The molecule has 2 aromatic rings. The van der Waals surface area contributed by atoms with Crippen molar-refractivity contribution in [2.75, 3.05) is 14.2 Å². The van der Waals surface area contributed by atoms with Crippen molar-refractivity contribution in [2.24, 2.45) is 5.73 Å². The van der Waals surface area contributed by atoms with Crippen LogP contribution in [0, 0.1) is 0 Å². The van der Waals surface area contributed by atoms with E-state index in [1.807, 2.05) is 6.07 Å². The predicted molar refractivity (Wildman–Crippen MR) is 80.0 cm³/mol. The molecular formula is C16H18N2O3. The number of pyridine rings is 1. The standard InChI is InChI=1S/C16H18N2O3/c1-20-14-11(9-4-3-5-9)7-6-10-8-12(15(17)19)16(21-2)18-13(10)14/h6-9H,3-5H2,1-2H3,(H2,17,19). The summed E-state index contributed by atoms with van der Waals surface area (Å²) in [6.45, 7) is 0. The predicted octanol–water partition coefficient (Wildman–Crippen LogP) is 2.62. The van der Waals surface area contributed by atoms with Crippen LogP contribution < -0.4 is 15.2 Å². The molecule has 1 saturated carbocycles. The van der Waals surface area contributed by atoms with Gasteiger partial charge in [-0.15, -0.1) is 0 Å². The summed E-state index contributed by atoms with van der Waals surface area (Å²) >= 11 is 0. The molecule has 1 aromatic carbocycles. The van der Waals surface area contributed by atoms with Crippen molar-refractivity contribution in [1.29, 1.82) is 0 Å². The number of ether oxygens (including phenoxy) is 2. The third-order valence-corrected chi connectivity index (χ3v) is 4.14. The highest BCUT2D eigenvalue weighted by molar-refractivity contribution is 6.00. The van der Waals surface area contributed by atoms with Gasteiger partial charge >= 0.3 is 0 Å². The molecule has 1 fully saturated rings. The van der Waals surface area contributed by atoms with Gasteiger partial charge in [0.25, 0.3) is 5.91 Å². The average Bonchev–Trinajstić information content (AvgIpc) is 2.43. The van der Waals surface area contributed by atoms with E-state index in [1.165, 1.54) is 31.9 Å². The van der Waals surface area contributed by atoms with Crippen LogP contribution in [0.2, 0.25) is 0 Å². The van der Waals surface area contributed by atoms with Gasteiger partial charge in [0, 0.05) is 5.39 Å². The van der Waals surface area contributed by atoms with Crippen LogP contribution >= 0.6 is 0 Å². The number of hydrogen-bond acceptors (Lipinski definition) is 4. The molecule has 1 aromatic heterocycles. The van der Waals surface area contributed by atoms with Crippen LogP contribution in [0.5, 0.6) is 11.6 Å². The Bertz CT molecular complexity index is 708. The molecule has 0 bridgehead atoms. The quantitative estimate of drug-likeness (QED) is 0.937. The minimum atomic E-state index is -0.553. The number of methoxy groups -OCH3 is 2. The summed E-state index contributed by atoms with van der Waals surface area (Å²) in [7, 11) is 3.12. The lowest BCUT2D eigenvalue weighted by Crippen LogP contribution is -2.14. The van der Waals surface area contributed by atoms with E-state index < -0.39 is 5.91 Å². The highest BCUT2D eigenvalue weighted by Crippen LogP contribution is 2.43. The number of carbonyl (C=O) groups is 1. The van der Waals surface area contributed by atoms with Crippen LogP contribution in [-0.4, -0.2) is 25.1 Å². The Morgan fingerprint density at radius 1 is 1.29 bits per heavy atom. The number of aromatic nitrogens is 1. The topological polar surface area (TPSA) is 74.4 Å². The van der Waals surface area contributed by atoms with Crippen molar-refractivity contribution in [3.8, 4) is 11.6 Å². The van der Waals surface area contributed by atoms with Crippen molar-refractivity contribution in [1.82, 2.24) is 4.98 Å². The number of fused-ring (bicyclic) bond motifs is 1. The van der Waals surface area contributed by atoms with Gasteiger partial charge in [-0.3, -0.25) is 4.79 Å². The molecule has 0 saturated heterocycles. The number of nitrogens with zero attached hydrogens (tertiary/aromatic N) is 1. The molecule has 0 unspecified atom stereocenters. The lowest BCUT2D eigenvalue weighted by Gasteiger charge is -2.27. The number of benzene rings is 1. The number of amides is 1. The zero-order valence-corrected chi connectivity index (χ0v) is 12.2. The van der Waals surface area contributed by atoms with Crippen LogP contribution in [0.3, 0.4) is 0 Å². The molecule has 0 atom stereocenters. The minimum absolute atomic E-state index is 0.235. The van der Waals surface area contributed by atoms with Crippen molar-refractivity contribution in [3.05, 3.63) is 29.3 Å². The fourth-order valence-electron chi connectivity index (χ4n) is 2.80. The van der Waals surface area contributed by atoms with Crippen LogP contribution in [-0.2, 0) is 0 Å². The largest absolute Gasteiger partial charge is 0.494 e. The number of primary amides is 1. The minimum Gasteiger partial charge on any atom is -0.494 e. The summed E-state index contributed by atoms with van der Waals surface area (Å²) < 4.78 is 10.8. The molecule has 2 N–H and O–H groups in total. The van der Waals surface area contributed by atoms with Crippen LogP contribution in [0.25, 0.3) is 10.9 Å². The van der Waals surface area contributed by atoms with E-state index in [0.717, 1.165) is 11.1 Å². The normalized spacial score (nSPS) is 14.8. The maximum Gasteiger partial charge on any atom is 0.254 e. The van der Waals surface area contributed by atoms with E-state index in [2.05, 4.69) is 11.1 Å². The van der Waals surface area contributed by atoms with E-state index in [1.54, 1.807) is 13.2 Å². The highest BCUT2D eigenvalue weighted by Gasteiger charge is 2.25. The highest BCUT2D eigenvalue weighted by atomic mass is 16.5. The number of hydrogen-bond donors (Lipinski definition) is 1.